The summed E-state index contributed by atoms with van der Waals surface area (Å²) in [5.74, 6) is -2.20. The molecular weight excluding hydrogens is 327 g/mol. The maximum Gasteiger partial charge on any atom is 0.406 e. The van der Waals surface area contributed by atoms with Crippen LogP contribution in [-0.4, -0.2) is 47.3 Å². The number of ether oxygens (including phenoxy) is 1. The summed E-state index contributed by atoms with van der Waals surface area (Å²) in [6, 6.07) is 6.91. The lowest BCUT2D eigenvalue weighted by Gasteiger charge is -2.28. The van der Waals surface area contributed by atoms with Gasteiger partial charge >= 0.3 is 12.1 Å². The number of benzene rings is 1. The Bertz CT molecular complexity index is 646. The summed E-state index contributed by atoms with van der Waals surface area (Å²) >= 11 is 0. The van der Waals surface area contributed by atoms with Crippen LogP contribution in [-0.2, 0) is 9.59 Å². The zero-order valence-electron chi connectivity index (χ0n) is 13.3. The van der Waals surface area contributed by atoms with E-state index < -0.39 is 42.5 Å². The summed E-state index contributed by atoms with van der Waals surface area (Å²) in [5, 5.41) is 9.01. The van der Waals surface area contributed by atoms with Gasteiger partial charge in [-0.15, -0.1) is 0 Å². The number of carboxylic acids is 1. The van der Waals surface area contributed by atoms with Crippen molar-refractivity contribution in [1.82, 2.24) is 4.90 Å². The van der Waals surface area contributed by atoms with Gasteiger partial charge < -0.3 is 14.7 Å². The van der Waals surface area contributed by atoms with Crippen LogP contribution in [0.3, 0.4) is 0 Å². The molecule has 1 aliphatic heterocycles. The molecule has 1 amide bonds. The standard InChI is InChI=1S/C16H18F3NO4/c1-10-4-3-5-12(8-10)24-11(2)13(21)20-7-6-15(9-20,14(22)23)16(17,18)19/h3-5,8,11H,6-7,9H2,1-2H3,(H,22,23). The monoisotopic (exact) mass is 345 g/mol. The van der Waals surface area contributed by atoms with E-state index in [1.807, 2.05) is 13.0 Å². The van der Waals surface area contributed by atoms with Gasteiger partial charge in [-0.3, -0.25) is 9.59 Å². The summed E-state index contributed by atoms with van der Waals surface area (Å²) in [6.45, 7) is 2.10. The zero-order valence-corrected chi connectivity index (χ0v) is 13.3. The molecule has 132 valence electrons. The summed E-state index contributed by atoms with van der Waals surface area (Å²) < 4.78 is 44.9. The highest BCUT2D eigenvalue weighted by atomic mass is 19.4. The Morgan fingerprint density at radius 2 is 2.04 bits per heavy atom. The molecule has 24 heavy (non-hydrogen) atoms. The van der Waals surface area contributed by atoms with E-state index in [-0.39, 0.29) is 6.54 Å². The van der Waals surface area contributed by atoms with Crippen molar-refractivity contribution < 1.29 is 32.6 Å². The van der Waals surface area contributed by atoms with Crippen LogP contribution < -0.4 is 4.74 Å². The van der Waals surface area contributed by atoms with E-state index in [2.05, 4.69) is 0 Å². The second kappa shape index (κ2) is 6.33. The van der Waals surface area contributed by atoms with Gasteiger partial charge in [0.25, 0.3) is 5.91 Å². The van der Waals surface area contributed by atoms with Gasteiger partial charge in [0.2, 0.25) is 0 Å². The highest BCUT2D eigenvalue weighted by Crippen LogP contribution is 2.45. The molecule has 0 aromatic heterocycles. The van der Waals surface area contributed by atoms with Crippen molar-refractivity contribution in [2.45, 2.75) is 32.5 Å². The smallest absolute Gasteiger partial charge is 0.406 e. The van der Waals surface area contributed by atoms with Crippen LogP contribution in [0.5, 0.6) is 5.75 Å². The number of likely N-dealkylation sites (tertiary alicyclic amines) is 1. The third kappa shape index (κ3) is 3.32. The molecule has 0 spiro atoms. The number of carbonyl (C=O) groups excluding carboxylic acids is 1. The second-order valence-corrected chi connectivity index (χ2v) is 5.97. The van der Waals surface area contributed by atoms with Crippen LogP contribution in [0.25, 0.3) is 0 Å². The van der Waals surface area contributed by atoms with E-state index in [4.69, 9.17) is 9.84 Å². The van der Waals surface area contributed by atoms with Crippen molar-refractivity contribution in [3.05, 3.63) is 29.8 Å². The molecule has 0 saturated carbocycles. The van der Waals surface area contributed by atoms with Crippen molar-refractivity contribution in [2.75, 3.05) is 13.1 Å². The van der Waals surface area contributed by atoms with Crippen molar-refractivity contribution in [1.29, 1.82) is 0 Å². The lowest BCUT2D eigenvalue weighted by Crippen LogP contribution is -2.49. The van der Waals surface area contributed by atoms with Crippen LogP contribution in [0.2, 0.25) is 0 Å². The predicted molar refractivity (Wildman–Crippen MR) is 78.6 cm³/mol. The van der Waals surface area contributed by atoms with E-state index >= 15 is 0 Å². The molecule has 2 atom stereocenters. The lowest BCUT2D eigenvalue weighted by atomic mass is 9.86. The Morgan fingerprint density at radius 1 is 1.38 bits per heavy atom. The fourth-order valence-corrected chi connectivity index (χ4v) is 2.73. The number of aryl methyl sites for hydroxylation is 1. The van der Waals surface area contributed by atoms with E-state index in [1.165, 1.54) is 6.92 Å². The molecule has 1 N–H and O–H groups in total. The average Bonchev–Trinajstić information content (AvgIpc) is 2.92. The second-order valence-electron chi connectivity index (χ2n) is 5.97. The Kier molecular flexibility index (Phi) is 4.77. The predicted octanol–water partition coefficient (Wildman–Crippen LogP) is 2.63. The van der Waals surface area contributed by atoms with Gasteiger partial charge in [0.05, 0.1) is 0 Å². The number of alkyl halides is 3. The van der Waals surface area contributed by atoms with Gasteiger partial charge in [-0.25, -0.2) is 0 Å². The third-order valence-electron chi connectivity index (χ3n) is 4.18. The SMILES string of the molecule is Cc1cccc(OC(C)C(=O)N2CCC(C(=O)O)(C(F)(F)F)C2)c1. The molecule has 0 aliphatic carbocycles. The van der Waals surface area contributed by atoms with E-state index in [9.17, 15) is 22.8 Å². The molecule has 1 aromatic carbocycles. The fraction of sp³-hybridized carbons (Fsp3) is 0.500. The van der Waals surface area contributed by atoms with Crippen LogP contribution in [0.1, 0.15) is 18.9 Å². The highest BCUT2D eigenvalue weighted by molar-refractivity contribution is 5.84. The van der Waals surface area contributed by atoms with E-state index in [0.717, 1.165) is 10.5 Å². The first kappa shape index (κ1) is 18.1. The quantitative estimate of drug-likeness (QED) is 0.911. The lowest BCUT2D eigenvalue weighted by molar-refractivity contribution is -0.227. The molecule has 1 fully saturated rings. The summed E-state index contributed by atoms with van der Waals surface area (Å²) in [7, 11) is 0. The normalized spacial score (nSPS) is 22.3. The van der Waals surface area contributed by atoms with Crippen LogP contribution >= 0.6 is 0 Å². The molecule has 1 saturated heterocycles. The molecular formula is C16H18F3NO4. The van der Waals surface area contributed by atoms with Gasteiger partial charge in [-0.1, -0.05) is 12.1 Å². The molecule has 1 heterocycles. The van der Waals surface area contributed by atoms with Crippen LogP contribution in [0.15, 0.2) is 24.3 Å². The number of halogens is 3. The molecule has 1 aromatic rings. The number of nitrogens with zero attached hydrogens (tertiary/aromatic N) is 1. The van der Waals surface area contributed by atoms with Gasteiger partial charge in [0.1, 0.15) is 5.75 Å². The van der Waals surface area contributed by atoms with Gasteiger partial charge in [-0.05, 0) is 38.0 Å². The minimum atomic E-state index is -4.92. The molecule has 2 rings (SSSR count). The van der Waals surface area contributed by atoms with Crippen molar-refractivity contribution >= 4 is 11.9 Å². The largest absolute Gasteiger partial charge is 0.481 e. The first-order chi connectivity index (χ1) is 11.1. The molecule has 5 nitrogen and oxygen atoms in total. The Hall–Kier alpha value is -2.25. The highest BCUT2D eigenvalue weighted by Gasteiger charge is 2.64. The van der Waals surface area contributed by atoms with Gasteiger partial charge in [0, 0.05) is 13.1 Å². The van der Waals surface area contributed by atoms with Gasteiger partial charge in [0.15, 0.2) is 11.5 Å². The van der Waals surface area contributed by atoms with Crippen LogP contribution in [0.4, 0.5) is 13.2 Å². The van der Waals surface area contributed by atoms with Crippen LogP contribution in [0, 0.1) is 12.3 Å². The number of carboxylic acid groups (broad SMARTS) is 1. The van der Waals surface area contributed by atoms with E-state index in [0.29, 0.717) is 5.75 Å². The maximum absolute atomic E-state index is 13.1. The third-order valence-corrected chi connectivity index (χ3v) is 4.18. The van der Waals surface area contributed by atoms with Crippen molar-refractivity contribution in [2.24, 2.45) is 5.41 Å². The fourth-order valence-electron chi connectivity index (χ4n) is 2.73. The number of hydrogen-bond acceptors (Lipinski definition) is 3. The topological polar surface area (TPSA) is 66.8 Å². The van der Waals surface area contributed by atoms with E-state index in [1.54, 1.807) is 18.2 Å². The molecule has 8 heteroatoms. The number of hydrogen-bond donors (Lipinski definition) is 1. The Morgan fingerprint density at radius 3 is 2.54 bits per heavy atom. The van der Waals surface area contributed by atoms with Crippen molar-refractivity contribution in [3.63, 3.8) is 0 Å². The molecule has 2 unspecified atom stereocenters. The number of aliphatic carboxylic acids is 1. The number of amides is 1. The van der Waals surface area contributed by atoms with Crippen molar-refractivity contribution in [3.8, 4) is 5.75 Å². The molecule has 1 aliphatic rings. The Balaban J connectivity index is 2.09. The number of carbonyl (C=O) groups is 2. The first-order valence-corrected chi connectivity index (χ1v) is 7.39. The minimum absolute atomic E-state index is 0.272. The Labute approximate surface area is 137 Å². The summed E-state index contributed by atoms with van der Waals surface area (Å²) in [4.78, 5) is 24.4. The summed E-state index contributed by atoms with van der Waals surface area (Å²) in [5.41, 5.74) is -2.00. The number of rotatable bonds is 4. The molecule has 0 radical (unpaired) electrons. The maximum atomic E-state index is 13.1. The summed E-state index contributed by atoms with van der Waals surface area (Å²) in [6.07, 6.45) is -6.59. The molecule has 0 bridgehead atoms. The minimum Gasteiger partial charge on any atom is -0.481 e. The average molecular weight is 345 g/mol. The first-order valence-electron chi connectivity index (χ1n) is 7.39. The van der Waals surface area contributed by atoms with Gasteiger partial charge in [-0.2, -0.15) is 13.2 Å². The zero-order chi connectivity index (χ0) is 18.1.